The van der Waals surface area contributed by atoms with Crippen molar-refractivity contribution in [3.05, 3.63) is 83.9 Å². The molecular formula is C17H15F. The van der Waals surface area contributed by atoms with Gasteiger partial charge in [-0.15, -0.1) is 0 Å². The van der Waals surface area contributed by atoms with Gasteiger partial charge in [-0.25, -0.2) is 0 Å². The van der Waals surface area contributed by atoms with Crippen LogP contribution in [0.25, 0.3) is 10.8 Å². The number of hydrogen-bond donors (Lipinski definition) is 0. The summed E-state index contributed by atoms with van der Waals surface area (Å²) in [5, 5.41) is 2.63. The molecule has 3 aromatic rings. The average molecular weight is 238 g/mol. The molecule has 0 aliphatic heterocycles. The number of halogens is 1. The van der Waals surface area contributed by atoms with E-state index in [0.29, 0.717) is 0 Å². The molecule has 0 amide bonds. The number of fused-ring (bicyclic) bond motifs is 1. The van der Waals surface area contributed by atoms with E-state index in [4.69, 9.17) is 0 Å². The summed E-state index contributed by atoms with van der Waals surface area (Å²) in [5.41, 5.74) is 2.73. The molecule has 0 nitrogen and oxygen atoms in total. The molecule has 0 aliphatic rings. The number of benzene rings is 3. The number of rotatable bonds is 2. The van der Waals surface area contributed by atoms with Crippen molar-refractivity contribution in [1.82, 2.24) is 0 Å². The van der Waals surface area contributed by atoms with Gasteiger partial charge in [0.25, 0.3) is 0 Å². The molecule has 0 radical (unpaired) electrons. The van der Waals surface area contributed by atoms with Gasteiger partial charge in [-0.05, 0) is 28.3 Å². The fraction of sp³-hybridized carbons (Fsp3) is 0.0588. The van der Waals surface area contributed by atoms with Crippen LogP contribution in [-0.4, -0.2) is 0 Å². The van der Waals surface area contributed by atoms with Crippen molar-refractivity contribution in [3.63, 3.8) is 0 Å². The molecule has 1 heteroatoms. The maximum Gasteiger partial charge on any atom is -0.00256 e. The van der Waals surface area contributed by atoms with Gasteiger partial charge in [-0.3, -0.25) is 4.70 Å². The van der Waals surface area contributed by atoms with E-state index in [-0.39, 0.29) is 4.70 Å². The first-order valence-corrected chi connectivity index (χ1v) is 5.93. The van der Waals surface area contributed by atoms with Crippen LogP contribution >= 0.6 is 0 Å². The molecule has 0 heterocycles. The lowest BCUT2D eigenvalue weighted by atomic mass is 10.0. The summed E-state index contributed by atoms with van der Waals surface area (Å²) < 4.78 is 0. The third-order valence-electron chi connectivity index (χ3n) is 3.06. The standard InChI is InChI=1S/C17H14.FH/c1-2-6-14(7-3-1)12-15-10-11-16-8-4-5-9-17(16)13-15;/h1-11,13H,12H2;1H. The van der Waals surface area contributed by atoms with Crippen molar-refractivity contribution in [2.45, 2.75) is 6.42 Å². The zero-order valence-electron chi connectivity index (χ0n) is 10.0. The highest BCUT2D eigenvalue weighted by molar-refractivity contribution is 5.83. The molecule has 0 aromatic heterocycles. The van der Waals surface area contributed by atoms with E-state index in [1.54, 1.807) is 0 Å². The van der Waals surface area contributed by atoms with Gasteiger partial charge in [-0.2, -0.15) is 0 Å². The molecule has 3 rings (SSSR count). The predicted octanol–water partition coefficient (Wildman–Crippen LogP) is 4.58. The van der Waals surface area contributed by atoms with Crippen LogP contribution in [0.2, 0.25) is 0 Å². The minimum atomic E-state index is 0. The maximum atomic E-state index is 2.28. The summed E-state index contributed by atoms with van der Waals surface area (Å²) in [6, 6.07) is 25.8. The van der Waals surface area contributed by atoms with Crippen LogP contribution in [0.3, 0.4) is 0 Å². The third kappa shape index (κ3) is 2.57. The minimum absolute atomic E-state index is 0. The Labute approximate surface area is 106 Å². The second-order valence-corrected chi connectivity index (χ2v) is 4.34. The van der Waals surface area contributed by atoms with E-state index in [9.17, 15) is 0 Å². The Morgan fingerprint density at radius 3 is 2.00 bits per heavy atom. The zero-order valence-corrected chi connectivity index (χ0v) is 10.0. The SMILES string of the molecule is F.c1ccc(Cc2ccc3ccccc3c2)cc1. The van der Waals surface area contributed by atoms with Gasteiger partial charge in [0.2, 0.25) is 0 Å². The number of hydrogen-bond acceptors (Lipinski definition) is 0. The minimum Gasteiger partial charge on any atom is -0.269 e. The summed E-state index contributed by atoms with van der Waals surface area (Å²) in [4.78, 5) is 0. The normalized spacial score (nSPS) is 10.0. The maximum absolute atomic E-state index is 2.28. The van der Waals surface area contributed by atoms with Gasteiger partial charge >= 0.3 is 0 Å². The Morgan fingerprint density at radius 2 is 1.22 bits per heavy atom. The second kappa shape index (κ2) is 5.46. The molecule has 0 saturated heterocycles. The summed E-state index contributed by atoms with van der Waals surface area (Å²) in [6.45, 7) is 0. The van der Waals surface area contributed by atoms with E-state index in [0.717, 1.165) is 6.42 Å². The molecule has 0 bridgehead atoms. The van der Waals surface area contributed by atoms with Gasteiger partial charge in [-0.1, -0.05) is 72.8 Å². The Bertz CT molecular complexity index is 629. The highest BCUT2D eigenvalue weighted by atomic mass is 19.0. The van der Waals surface area contributed by atoms with E-state index >= 15 is 0 Å². The van der Waals surface area contributed by atoms with Crippen molar-refractivity contribution in [1.29, 1.82) is 0 Å². The predicted molar refractivity (Wildman–Crippen MR) is 75.7 cm³/mol. The van der Waals surface area contributed by atoms with Crippen molar-refractivity contribution in [2.24, 2.45) is 0 Å². The molecule has 90 valence electrons. The van der Waals surface area contributed by atoms with E-state index in [2.05, 4.69) is 72.8 Å². The zero-order chi connectivity index (χ0) is 11.5. The molecule has 0 N–H and O–H groups in total. The molecule has 0 spiro atoms. The molecule has 0 fully saturated rings. The topological polar surface area (TPSA) is 0 Å². The Balaban J connectivity index is 0.00000120. The lowest BCUT2D eigenvalue weighted by Gasteiger charge is -2.04. The average Bonchev–Trinajstić information content (AvgIpc) is 2.40. The molecule has 0 saturated carbocycles. The lowest BCUT2D eigenvalue weighted by molar-refractivity contribution is 1.11. The van der Waals surface area contributed by atoms with Crippen LogP contribution in [-0.2, 0) is 6.42 Å². The smallest absolute Gasteiger partial charge is 0.00256 e. The van der Waals surface area contributed by atoms with Crippen LogP contribution in [0.1, 0.15) is 11.1 Å². The van der Waals surface area contributed by atoms with Gasteiger partial charge in [0.1, 0.15) is 0 Å². The third-order valence-corrected chi connectivity index (χ3v) is 3.06. The first kappa shape index (κ1) is 12.3. The van der Waals surface area contributed by atoms with Crippen molar-refractivity contribution in [2.75, 3.05) is 0 Å². The van der Waals surface area contributed by atoms with Gasteiger partial charge in [0, 0.05) is 0 Å². The highest BCUT2D eigenvalue weighted by Gasteiger charge is 1.97. The second-order valence-electron chi connectivity index (χ2n) is 4.34. The van der Waals surface area contributed by atoms with Crippen molar-refractivity contribution in [3.8, 4) is 0 Å². The summed E-state index contributed by atoms with van der Waals surface area (Å²) in [5.74, 6) is 0. The van der Waals surface area contributed by atoms with E-state index in [1.165, 1.54) is 21.9 Å². The van der Waals surface area contributed by atoms with Gasteiger partial charge in [0.05, 0.1) is 0 Å². The van der Waals surface area contributed by atoms with Crippen LogP contribution in [0.15, 0.2) is 72.8 Å². The fourth-order valence-corrected chi connectivity index (χ4v) is 2.18. The van der Waals surface area contributed by atoms with Gasteiger partial charge in [0.15, 0.2) is 0 Å². The first-order chi connectivity index (χ1) is 8.42. The molecule has 0 aliphatic carbocycles. The Kier molecular flexibility index (Phi) is 3.73. The molecule has 0 atom stereocenters. The highest BCUT2D eigenvalue weighted by Crippen LogP contribution is 2.17. The molecular weight excluding hydrogens is 223 g/mol. The quantitative estimate of drug-likeness (QED) is 0.613. The Morgan fingerprint density at radius 1 is 0.556 bits per heavy atom. The summed E-state index contributed by atoms with van der Waals surface area (Å²) in [6.07, 6.45) is 1.01. The summed E-state index contributed by atoms with van der Waals surface area (Å²) >= 11 is 0. The van der Waals surface area contributed by atoms with Gasteiger partial charge < -0.3 is 0 Å². The fourth-order valence-electron chi connectivity index (χ4n) is 2.18. The molecule has 3 aromatic carbocycles. The van der Waals surface area contributed by atoms with Crippen LogP contribution in [0.4, 0.5) is 4.70 Å². The van der Waals surface area contributed by atoms with E-state index < -0.39 is 0 Å². The first-order valence-electron chi connectivity index (χ1n) is 5.93. The Hall–Kier alpha value is -2.15. The molecule has 18 heavy (non-hydrogen) atoms. The molecule has 0 unspecified atom stereocenters. The van der Waals surface area contributed by atoms with Crippen molar-refractivity contribution >= 4 is 10.8 Å². The van der Waals surface area contributed by atoms with E-state index in [1.807, 2.05) is 0 Å². The monoisotopic (exact) mass is 238 g/mol. The van der Waals surface area contributed by atoms with Crippen LogP contribution in [0.5, 0.6) is 0 Å². The lowest BCUT2D eigenvalue weighted by Crippen LogP contribution is -1.87. The van der Waals surface area contributed by atoms with Crippen molar-refractivity contribution < 1.29 is 4.70 Å². The van der Waals surface area contributed by atoms with Crippen LogP contribution in [0, 0.1) is 0 Å². The summed E-state index contributed by atoms with van der Waals surface area (Å²) in [7, 11) is 0. The largest absolute Gasteiger partial charge is 0.269 e. The van der Waals surface area contributed by atoms with Crippen LogP contribution < -0.4 is 0 Å².